The molecule has 3 aliphatic heterocycles. The van der Waals surface area contributed by atoms with Crippen LogP contribution in [0.5, 0.6) is 5.75 Å². The number of halogens is 1. The van der Waals surface area contributed by atoms with Crippen LogP contribution in [0.3, 0.4) is 0 Å². The van der Waals surface area contributed by atoms with Crippen molar-refractivity contribution in [1.29, 1.82) is 0 Å². The number of carbonyl (C=O) groups excluding carboxylic acids is 3. The normalized spacial score (nSPS) is 26.7. The van der Waals surface area contributed by atoms with E-state index in [-0.39, 0.29) is 41.1 Å². The largest absolute Gasteiger partial charge is 0.494 e. The van der Waals surface area contributed by atoms with Crippen molar-refractivity contribution in [3.05, 3.63) is 84.4 Å². The lowest BCUT2D eigenvalue weighted by Gasteiger charge is -2.37. The van der Waals surface area contributed by atoms with Crippen molar-refractivity contribution in [3.8, 4) is 5.75 Å². The van der Waals surface area contributed by atoms with E-state index in [4.69, 9.17) is 4.74 Å². The third-order valence-electron chi connectivity index (χ3n) is 9.45. The SMILES string of the molecule is CCOc1ccc(NC(=O)[C@H]2[C@@H]3SC4(CC3Br)C(C(=O)NCn3nnc5ccccc53)N([C@@H](CO)Cc3ccccc3)C(=O)[C@H]24)cc1. The van der Waals surface area contributed by atoms with Gasteiger partial charge in [-0.15, -0.1) is 16.9 Å². The molecule has 4 aromatic rings. The number of nitrogens with zero attached hydrogens (tertiary/aromatic N) is 4. The Morgan fingerprint density at radius 1 is 1.09 bits per heavy atom. The molecule has 0 aliphatic carbocycles. The molecule has 11 nitrogen and oxygen atoms in total. The lowest BCUT2D eigenvalue weighted by atomic mass is 9.70. The number of thioether (sulfide) groups is 1. The van der Waals surface area contributed by atoms with Crippen LogP contribution in [0, 0.1) is 11.8 Å². The minimum atomic E-state index is -0.922. The molecule has 3 fully saturated rings. The van der Waals surface area contributed by atoms with Gasteiger partial charge in [0, 0.05) is 15.8 Å². The molecular weight excluding hydrogens is 684 g/mol. The fourth-order valence-electron chi connectivity index (χ4n) is 7.51. The van der Waals surface area contributed by atoms with Crippen LogP contribution in [0.15, 0.2) is 78.9 Å². The van der Waals surface area contributed by atoms with Gasteiger partial charge in [-0.1, -0.05) is 63.6 Å². The molecule has 47 heavy (non-hydrogen) atoms. The lowest BCUT2D eigenvalue weighted by Crippen LogP contribution is -2.57. The van der Waals surface area contributed by atoms with Gasteiger partial charge in [-0.3, -0.25) is 14.4 Å². The molecule has 7 atom stereocenters. The number of amides is 3. The number of para-hydroxylation sites is 1. The topological polar surface area (TPSA) is 139 Å². The lowest BCUT2D eigenvalue weighted by molar-refractivity contribution is -0.142. The summed E-state index contributed by atoms with van der Waals surface area (Å²) in [4.78, 5) is 44.6. The summed E-state index contributed by atoms with van der Waals surface area (Å²) in [7, 11) is 0. The molecule has 0 radical (unpaired) electrons. The first-order valence-corrected chi connectivity index (χ1v) is 17.5. The molecule has 3 aromatic carbocycles. The number of aromatic nitrogens is 3. The summed E-state index contributed by atoms with van der Waals surface area (Å²) in [6.45, 7) is 2.15. The van der Waals surface area contributed by atoms with Crippen molar-refractivity contribution >= 4 is 62.1 Å². The van der Waals surface area contributed by atoms with Crippen LogP contribution in [0.2, 0.25) is 0 Å². The van der Waals surface area contributed by atoms with Crippen molar-refractivity contribution in [2.75, 3.05) is 18.5 Å². The van der Waals surface area contributed by atoms with Gasteiger partial charge in [0.25, 0.3) is 0 Å². The molecule has 3 aliphatic rings. The third kappa shape index (κ3) is 5.57. The highest BCUT2D eigenvalue weighted by molar-refractivity contribution is 9.09. The minimum absolute atomic E-state index is 0.0502. The fraction of sp³-hybridized carbons (Fsp3) is 0.382. The van der Waals surface area contributed by atoms with Crippen molar-refractivity contribution in [2.45, 2.75) is 53.3 Å². The van der Waals surface area contributed by atoms with E-state index in [1.165, 1.54) is 0 Å². The number of benzene rings is 3. The van der Waals surface area contributed by atoms with Crippen LogP contribution < -0.4 is 15.4 Å². The molecule has 3 amide bonds. The minimum Gasteiger partial charge on any atom is -0.494 e. The Kier molecular flexibility index (Phi) is 8.71. The Labute approximate surface area is 284 Å². The molecule has 3 unspecified atom stereocenters. The van der Waals surface area contributed by atoms with E-state index in [9.17, 15) is 19.5 Å². The van der Waals surface area contributed by atoms with E-state index >= 15 is 0 Å². The zero-order valence-electron chi connectivity index (χ0n) is 25.7. The van der Waals surface area contributed by atoms with Gasteiger partial charge in [0.05, 0.1) is 41.4 Å². The first-order valence-electron chi connectivity index (χ1n) is 15.7. The number of aliphatic hydroxyl groups excluding tert-OH is 1. The van der Waals surface area contributed by atoms with Crippen molar-refractivity contribution in [2.24, 2.45) is 11.8 Å². The Bertz CT molecular complexity index is 1790. The predicted molar refractivity (Wildman–Crippen MR) is 182 cm³/mol. The molecule has 0 saturated carbocycles. The molecule has 4 heterocycles. The number of hydrogen-bond acceptors (Lipinski definition) is 8. The smallest absolute Gasteiger partial charge is 0.245 e. The van der Waals surface area contributed by atoms with Crippen LogP contribution in [0.1, 0.15) is 18.9 Å². The average Bonchev–Trinajstić information content (AvgIpc) is 3.81. The highest BCUT2D eigenvalue weighted by Gasteiger charge is 2.76. The zero-order chi connectivity index (χ0) is 32.7. The summed E-state index contributed by atoms with van der Waals surface area (Å²) < 4.78 is 6.26. The number of hydrogen-bond donors (Lipinski definition) is 3. The number of aliphatic hydroxyl groups is 1. The second kappa shape index (κ2) is 12.9. The van der Waals surface area contributed by atoms with Gasteiger partial charge in [0.15, 0.2) is 0 Å². The van der Waals surface area contributed by atoms with Gasteiger partial charge < -0.3 is 25.4 Å². The number of fused-ring (bicyclic) bond motifs is 2. The van der Waals surface area contributed by atoms with Crippen LogP contribution in [-0.4, -0.2) is 82.8 Å². The second-order valence-corrected chi connectivity index (χ2v) is 14.9. The summed E-state index contributed by atoms with van der Waals surface area (Å²) in [6.07, 6.45) is 0.883. The average molecular weight is 720 g/mol. The van der Waals surface area contributed by atoms with Crippen LogP contribution in [0.25, 0.3) is 11.0 Å². The zero-order valence-corrected chi connectivity index (χ0v) is 28.1. The summed E-state index contributed by atoms with van der Waals surface area (Å²) in [5.41, 5.74) is 3.00. The van der Waals surface area contributed by atoms with Crippen molar-refractivity contribution < 1.29 is 24.2 Å². The Hall–Kier alpha value is -3.94. The monoisotopic (exact) mass is 718 g/mol. The Morgan fingerprint density at radius 2 is 1.83 bits per heavy atom. The number of anilines is 1. The van der Waals surface area contributed by atoms with Crippen molar-refractivity contribution in [3.63, 3.8) is 0 Å². The third-order valence-corrected chi connectivity index (χ3v) is 12.7. The molecule has 3 saturated heterocycles. The van der Waals surface area contributed by atoms with Crippen LogP contribution in [-0.2, 0) is 27.5 Å². The number of ether oxygens (including phenoxy) is 1. The summed E-state index contributed by atoms with van der Waals surface area (Å²) >= 11 is 5.37. The van der Waals surface area contributed by atoms with E-state index in [0.29, 0.717) is 36.4 Å². The maximum absolute atomic E-state index is 14.7. The van der Waals surface area contributed by atoms with Crippen molar-refractivity contribution in [1.82, 2.24) is 25.2 Å². The second-order valence-electron chi connectivity index (χ2n) is 12.2. The molecule has 244 valence electrons. The van der Waals surface area contributed by atoms with E-state index in [1.54, 1.807) is 45.6 Å². The van der Waals surface area contributed by atoms with Crippen LogP contribution in [0.4, 0.5) is 5.69 Å². The van der Waals surface area contributed by atoms with Gasteiger partial charge in [-0.25, -0.2) is 4.68 Å². The highest BCUT2D eigenvalue weighted by Crippen LogP contribution is 2.68. The van der Waals surface area contributed by atoms with Gasteiger partial charge in [0.2, 0.25) is 17.7 Å². The van der Waals surface area contributed by atoms with E-state index in [2.05, 4.69) is 36.9 Å². The van der Waals surface area contributed by atoms with Gasteiger partial charge in [0.1, 0.15) is 24.0 Å². The molecule has 7 rings (SSSR count). The highest BCUT2D eigenvalue weighted by atomic mass is 79.9. The quantitative estimate of drug-likeness (QED) is 0.200. The predicted octanol–water partition coefficient (Wildman–Crippen LogP) is 3.61. The summed E-state index contributed by atoms with van der Waals surface area (Å²) in [6, 6.07) is 22.6. The number of rotatable bonds is 11. The molecule has 3 N–H and O–H groups in total. The number of likely N-dealkylation sites (tertiary alicyclic amines) is 1. The van der Waals surface area contributed by atoms with E-state index in [1.807, 2.05) is 61.5 Å². The summed E-state index contributed by atoms with van der Waals surface area (Å²) in [5, 5.41) is 24.9. The standard InChI is InChI=1S/C34H35BrN6O5S/c1-2-46-23-14-12-21(13-15-23)37-31(43)27-28-33(45)41(22(18-42)16-20-8-4-3-5-9-20)30(34(28)17-24(35)29(27)47-34)32(44)36-19-40-26-11-7-6-10-25(26)38-39-40/h3-15,22,24,27-30,42H,2,16-19H2,1H3,(H,36,44)(H,37,43)/t22-,24?,27-,28+,29-,30?,34?/m1/s1. The fourth-order valence-corrected chi connectivity index (χ4v) is 11.1. The Morgan fingerprint density at radius 3 is 2.57 bits per heavy atom. The van der Waals surface area contributed by atoms with Gasteiger partial charge in [-0.2, -0.15) is 0 Å². The van der Waals surface area contributed by atoms with Crippen LogP contribution >= 0.6 is 27.7 Å². The number of carbonyl (C=O) groups is 3. The first-order chi connectivity index (χ1) is 22.8. The van der Waals surface area contributed by atoms with E-state index in [0.717, 1.165) is 11.1 Å². The number of nitrogens with one attached hydrogen (secondary N) is 2. The number of alkyl halides is 1. The first kappa shape index (κ1) is 31.6. The molecule has 13 heteroatoms. The molecular formula is C34H35BrN6O5S. The van der Waals surface area contributed by atoms with E-state index < -0.39 is 28.7 Å². The van der Waals surface area contributed by atoms with Gasteiger partial charge >= 0.3 is 0 Å². The Balaban J connectivity index is 1.21. The van der Waals surface area contributed by atoms with Gasteiger partial charge in [-0.05, 0) is 61.7 Å². The maximum Gasteiger partial charge on any atom is 0.245 e. The summed E-state index contributed by atoms with van der Waals surface area (Å²) in [5.74, 6) is -1.65. The molecule has 1 spiro atoms. The maximum atomic E-state index is 14.7. The molecule has 1 aromatic heterocycles. The molecule has 2 bridgehead atoms.